The molecule has 0 aliphatic heterocycles. The maximum absolute atomic E-state index is 13.3. The number of nitrogens with one attached hydrogen (secondary N) is 1. The highest BCUT2D eigenvalue weighted by Crippen LogP contribution is 2.47. The Morgan fingerprint density at radius 1 is 1.14 bits per heavy atom. The molecule has 0 spiro atoms. The van der Waals surface area contributed by atoms with Crippen LogP contribution in [0.15, 0.2) is 42.5 Å². The first-order valence-electron chi connectivity index (χ1n) is 7.00. The first kappa shape index (κ1) is 15.0. The molecule has 0 aromatic heterocycles. The molecular weight excluding hydrogens is 308 g/mol. The molecule has 1 fully saturated rings. The molecule has 1 saturated carbocycles. The van der Waals surface area contributed by atoms with Crippen LogP contribution in [0.1, 0.15) is 28.8 Å². The average Bonchev–Trinajstić information content (AvgIpc) is 3.31. The quantitative estimate of drug-likeness (QED) is 0.845. The maximum atomic E-state index is 13.3. The monoisotopic (exact) mass is 321 g/mol. The lowest BCUT2D eigenvalue weighted by atomic mass is 9.96. The second-order valence-corrected chi connectivity index (χ2v) is 5.98. The van der Waals surface area contributed by atoms with E-state index in [1.165, 1.54) is 5.56 Å². The van der Waals surface area contributed by atoms with Crippen LogP contribution in [0.3, 0.4) is 0 Å². The van der Waals surface area contributed by atoms with E-state index in [0.29, 0.717) is 6.54 Å². The molecule has 0 saturated heterocycles. The van der Waals surface area contributed by atoms with Gasteiger partial charge in [-0.1, -0.05) is 41.9 Å². The van der Waals surface area contributed by atoms with Crippen molar-refractivity contribution in [2.75, 3.05) is 6.54 Å². The van der Waals surface area contributed by atoms with Gasteiger partial charge >= 0.3 is 0 Å². The lowest BCUT2D eigenvalue weighted by molar-refractivity contribution is 0.0949. The molecule has 1 N–H and O–H groups in total. The summed E-state index contributed by atoms with van der Waals surface area (Å²) in [6.45, 7) is 0.450. The average molecular weight is 322 g/mol. The fourth-order valence-electron chi connectivity index (χ4n) is 2.55. The van der Waals surface area contributed by atoms with Gasteiger partial charge in [0, 0.05) is 12.0 Å². The number of amides is 1. The van der Waals surface area contributed by atoms with Crippen LogP contribution in [-0.2, 0) is 5.41 Å². The predicted octanol–water partition coefficient (Wildman–Crippen LogP) is 4.08. The van der Waals surface area contributed by atoms with Gasteiger partial charge in [-0.3, -0.25) is 4.79 Å². The summed E-state index contributed by atoms with van der Waals surface area (Å²) in [4.78, 5) is 12.2. The number of rotatable bonds is 4. The zero-order valence-corrected chi connectivity index (χ0v) is 12.5. The largest absolute Gasteiger partial charge is 0.351 e. The van der Waals surface area contributed by atoms with Crippen molar-refractivity contribution in [2.45, 2.75) is 18.3 Å². The molecular formula is C17H14ClF2NO. The van der Waals surface area contributed by atoms with Crippen molar-refractivity contribution in [3.8, 4) is 0 Å². The van der Waals surface area contributed by atoms with Gasteiger partial charge in [0.25, 0.3) is 5.91 Å². The highest BCUT2D eigenvalue weighted by atomic mass is 35.5. The third-order valence-electron chi connectivity index (χ3n) is 4.08. The second kappa shape index (κ2) is 5.69. The molecule has 2 aromatic carbocycles. The highest BCUT2D eigenvalue weighted by molar-refractivity contribution is 6.33. The van der Waals surface area contributed by atoms with Gasteiger partial charge in [-0.2, -0.15) is 0 Å². The molecule has 2 nitrogen and oxygen atoms in total. The molecule has 1 amide bonds. The SMILES string of the molecule is O=C(NCC1(c2ccccc2)CC1)c1cc(F)c(F)cc1Cl. The number of hydrogen-bond acceptors (Lipinski definition) is 1. The summed E-state index contributed by atoms with van der Waals surface area (Å²) in [5.74, 6) is -2.64. The lowest BCUT2D eigenvalue weighted by Gasteiger charge is -2.17. The Bertz CT molecular complexity index is 714. The van der Waals surface area contributed by atoms with Crippen molar-refractivity contribution in [1.82, 2.24) is 5.32 Å². The van der Waals surface area contributed by atoms with E-state index in [1.807, 2.05) is 30.3 Å². The Labute approximate surface area is 132 Å². The van der Waals surface area contributed by atoms with E-state index in [9.17, 15) is 13.6 Å². The zero-order chi connectivity index (χ0) is 15.7. The number of carbonyl (C=O) groups is 1. The van der Waals surface area contributed by atoms with Crippen molar-refractivity contribution < 1.29 is 13.6 Å². The predicted molar refractivity (Wildman–Crippen MR) is 81.1 cm³/mol. The van der Waals surface area contributed by atoms with E-state index in [-0.39, 0.29) is 16.0 Å². The Hall–Kier alpha value is -1.94. The van der Waals surface area contributed by atoms with Crippen molar-refractivity contribution >= 4 is 17.5 Å². The fraction of sp³-hybridized carbons (Fsp3) is 0.235. The number of halogens is 3. The number of carbonyl (C=O) groups excluding carboxylic acids is 1. The Morgan fingerprint density at radius 2 is 1.77 bits per heavy atom. The van der Waals surface area contributed by atoms with Gasteiger partial charge < -0.3 is 5.32 Å². The minimum absolute atomic E-state index is 0.0515. The van der Waals surface area contributed by atoms with Crippen molar-refractivity contribution in [1.29, 1.82) is 0 Å². The van der Waals surface area contributed by atoms with E-state index in [0.717, 1.165) is 25.0 Å². The summed E-state index contributed by atoms with van der Waals surface area (Å²) >= 11 is 5.81. The van der Waals surface area contributed by atoms with Crippen LogP contribution in [0.4, 0.5) is 8.78 Å². The summed E-state index contributed by atoms with van der Waals surface area (Å²) in [5.41, 5.74) is 1.07. The van der Waals surface area contributed by atoms with Gasteiger partial charge in [0.05, 0.1) is 10.6 Å². The summed E-state index contributed by atoms with van der Waals surface area (Å²) in [7, 11) is 0. The van der Waals surface area contributed by atoms with Crippen LogP contribution >= 0.6 is 11.6 Å². The topological polar surface area (TPSA) is 29.1 Å². The standard InChI is InChI=1S/C17H14ClF2NO/c18-13-9-15(20)14(19)8-12(13)16(22)21-10-17(6-7-17)11-4-2-1-3-5-11/h1-5,8-9H,6-7,10H2,(H,21,22). The van der Waals surface area contributed by atoms with E-state index >= 15 is 0 Å². The van der Waals surface area contributed by atoms with Gasteiger partial charge in [0.15, 0.2) is 11.6 Å². The number of hydrogen-bond donors (Lipinski definition) is 1. The van der Waals surface area contributed by atoms with Crippen LogP contribution in [0, 0.1) is 11.6 Å². The molecule has 5 heteroatoms. The maximum Gasteiger partial charge on any atom is 0.252 e. The lowest BCUT2D eigenvalue weighted by Crippen LogP contribution is -2.32. The van der Waals surface area contributed by atoms with Crippen LogP contribution < -0.4 is 5.32 Å². The first-order chi connectivity index (χ1) is 10.5. The second-order valence-electron chi connectivity index (χ2n) is 5.58. The summed E-state index contributed by atoms with van der Waals surface area (Å²) in [5, 5.41) is 2.68. The molecule has 0 radical (unpaired) electrons. The smallest absolute Gasteiger partial charge is 0.252 e. The molecule has 1 aliphatic rings. The summed E-state index contributed by atoms with van der Waals surface area (Å²) < 4.78 is 26.3. The first-order valence-corrected chi connectivity index (χ1v) is 7.38. The van der Waals surface area contributed by atoms with E-state index in [2.05, 4.69) is 5.32 Å². The fourth-order valence-corrected chi connectivity index (χ4v) is 2.79. The molecule has 114 valence electrons. The van der Waals surface area contributed by atoms with Crippen molar-refractivity contribution in [3.05, 3.63) is 70.2 Å². The van der Waals surface area contributed by atoms with Crippen molar-refractivity contribution in [2.24, 2.45) is 0 Å². The molecule has 2 aromatic rings. The van der Waals surface area contributed by atoms with Gasteiger partial charge in [0.2, 0.25) is 0 Å². The van der Waals surface area contributed by atoms with Gasteiger partial charge in [-0.05, 0) is 30.5 Å². The normalized spacial score (nSPS) is 15.4. The molecule has 3 rings (SSSR count). The minimum atomic E-state index is -1.08. The van der Waals surface area contributed by atoms with E-state index < -0.39 is 17.5 Å². The van der Waals surface area contributed by atoms with Gasteiger partial charge in [-0.25, -0.2) is 8.78 Å². The van der Waals surface area contributed by atoms with Crippen LogP contribution in [-0.4, -0.2) is 12.5 Å². The zero-order valence-electron chi connectivity index (χ0n) is 11.7. The van der Waals surface area contributed by atoms with Crippen LogP contribution in [0.25, 0.3) is 0 Å². The van der Waals surface area contributed by atoms with E-state index in [1.54, 1.807) is 0 Å². The Balaban J connectivity index is 1.72. The molecule has 0 atom stereocenters. The minimum Gasteiger partial charge on any atom is -0.351 e. The summed E-state index contributed by atoms with van der Waals surface area (Å²) in [6, 6.07) is 11.6. The summed E-state index contributed by atoms with van der Waals surface area (Å²) in [6.07, 6.45) is 1.98. The van der Waals surface area contributed by atoms with Crippen LogP contribution in [0.5, 0.6) is 0 Å². The molecule has 0 unspecified atom stereocenters. The molecule has 1 aliphatic carbocycles. The molecule has 0 bridgehead atoms. The Morgan fingerprint density at radius 3 is 2.41 bits per heavy atom. The molecule has 0 heterocycles. The molecule has 22 heavy (non-hydrogen) atoms. The highest BCUT2D eigenvalue weighted by Gasteiger charge is 2.44. The third-order valence-corrected chi connectivity index (χ3v) is 4.39. The third kappa shape index (κ3) is 2.83. The Kier molecular flexibility index (Phi) is 3.87. The van der Waals surface area contributed by atoms with Crippen molar-refractivity contribution in [3.63, 3.8) is 0 Å². The number of benzene rings is 2. The van der Waals surface area contributed by atoms with Gasteiger partial charge in [-0.15, -0.1) is 0 Å². The van der Waals surface area contributed by atoms with Crippen LogP contribution in [0.2, 0.25) is 5.02 Å². The van der Waals surface area contributed by atoms with E-state index in [4.69, 9.17) is 11.6 Å². The van der Waals surface area contributed by atoms with Gasteiger partial charge in [0.1, 0.15) is 0 Å².